The number of rotatable bonds is 4. The summed E-state index contributed by atoms with van der Waals surface area (Å²) in [6.07, 6.45) is -4.42. The lowest BCUT2D eigenvalue weighted by atomic mass is 9.90. The second-order valence-corrected chi connectivity index (χ2v) is 5.83. The lowest BCUT2D eigenvalue weighted by Gasteiger charge is -2.35. The molecule has 0 bridgehead atoms. The molecule has 1 aromatic carbocycles. The van der Waals surface area contributed by atoms with E-state index < -0.39 is 29.8 Å². The second kappa shape index (κ2) is 6.74. The standard InChI is InChI=1S/C15H17F4NO3/c1-9-5-10(14(21)22)7-20(6-9)8-11-12(16)3-2-4-13(11)23-15(17,18)19/h2-4,9-10H,5-8H2,1H3,(H,21,22). The van der Waals surface area contributed by atoms with Crippen LogP contribution in [0.25, 0.3) is 0 Å². The number of nitrogens with zero attached hydrogens (tertiary/aromatic N) is 1. The molecule has 1 fully saturated rings. The number of hydrogen-bond donors (Lipinski definition) is 1. The molecule has 2 atom stereocenters. The number of piperidine rings is 1. The first-order chi connectivity index (χ1) is 10.7. The van der Waals surface area contributed by atoms with Crippen molar-refractivity contribution in [2.75, 3.05) is 13.1 Å². The molecule has 128 valence electrons. The van der Waals surface area contributed by atoms with Crippen molar-refractivity contribution in [1.82, 2.24) is 4.90 Å². The minimum Gasteiger partial charge on any atom is -0.481 e. The highest BCUT2D eigenvalue weighted by atomic mass is 19.4. The number of benzene rings is 1. The van der Waals surface area contributed by atoms with Crippen LogP contribution in [0.5, 0.6) is 5.75 Å². The Bertz CT molecular complexity index is 576. The van der Waals surface area contributed by atoms with Crippen LogP contribution in [0.2, 0.25) is 0 Å². The molecule has 0 saturated carbocycles. The van der Waals surface area contributed by atoms with Gasteiger partial charge in [0, 0.05) is 25.2 Å². The number of alkyl halides is 3. The van der Waals surface area contributed by atoms with Crippen molar-refractivity contribution in [3.63, 3.8) is 0 Å². The highest BCUT2D eigenvalue weighted by Crippen LogP contribution is 2.31. The third-order valence-electron chi connectivity index (χ3n) is 3.77. The van der Waals surface area contributed by atoms with E-state index in [1.807, 2.05) is 6.92 Å². The van der Waals surface area contributed by atoms with Crippen LogP contribution in [-0.2, 0) is 11.3 Å². The van der Waals surface area contributed by atoms with Crippen LogP contribution < -0.4 is 4.74 Å². The summed E-state index contributed by atoms with van der Waals surface area (Å²) >= 11 is 0. The maximum absolute atomic E-state index is 13.9. The average molecular weight is 335 g/mol. The summed E-state index contributed by atoms with van der Waals surface area (Å²) in [6.45, 7) is 2.38. The largest absolute Gasteiger partial charge is 0.573 e. The van der Waals surface area contributed by atoms with Gasteiger partial charge in [-0.3, -0.25) is 9.69 Å². The van der Waals surface area contributed by atoms with Gasteiger partial charge in [0.05, 0.1) is 5.92 Å². The minimum absolute atomic E-state index is 0.0589. The van der Waals surface area contributed by atoms with Gasteiger partial charge in [-0.25, -0.2) is 4.39 Å². The molecule has 23 heavy (non-hydrogen) atoms. The topological polar surface area (TPSA) is 49.8 Å². The first-order valence-electron chi connectivity index (χ1n) is 7.14. The second-order valence-electron chi connectivity index (χ2n) is 5.83. The molecule has 1 aliphatic heterocycles. The highest BCUT2D eigenvalue weighted by Gasteiger charge is 2.34. The maximum atomic E-state index is 13.9. The van der Waals surface area contributed by atoms with Gasteiger partial charge in [-0.1, -0.05) is 13.0 Å². The summed E-state index contributed by atoms with van der Waals surface area (Å²) in [4.78, 5) is 12.8. The van der Waals surface area contributed by atoms with Gasteiger partial charge in [-0.05, 0) is 24.5 Å². The zero-order chi connectivity index (χ0) is 17.2. The number of carbonyl (C=O) groups is 1. The molecule has 1 saturated heterocycles. The third kappa shape index (κ3) is 4.82. The Morgan fingerprint density at radius 1 is 1.39 bits per heavy atom. The van der Waals surface area contributed by atoms with Gasteiger partial charge in [0.25, 0.3) is 0 Å². The summed E-state index contributed by atoms with van der Waals surface area (Å²) in [5.74, 6) is -2.91. The van der Waals surface area contributed by atoms with E-state index in [4.69, 9.17) is 5.11 Å². The van der Waals surface area contributed by atoms with Crippen LogP contribution >= 0.6 is 0 Å². The lowest BCUT2D eigenvalue weighted by molar-refractivity contribution is -0.275. The van der Waals surface area contributed by atoms with Gasteiger partial charge < -0.3 is 9.84 Å². The van der Waals surface area contributed by atoms with Crippen LogP contribution in [0, 0.1) is 17.7 Å². The smallest absolute Gasteiger partial charge is 0.481 e. The Hall–Kier alpha value is -1.83. The zero-order valence-corrected chi connectivity index (χ0v) is 12.4. The van der Waals surface area contributed by atoms with Gasteiger partial charge in [0.2, 0.25) is 0 Å². The molecule has 0 spiro atoms. The Labute approximate surface area is 130 Å². The molecule has 2 unspecified atom stereocenters. The van der Waals surface area contributed by atoms with E-state index in [9.17, 15) is 22.4 Å². The van der Waals surface area contributed by atoms with E-state index in [1.165, 1.54) is 0 Å². The summed E-state index contributed by atoms with van der Waals surface area (Å²) in [7, 11) is 0. The summed E-state index contributed by atoms with van der Waals surface area (Å²) < 4.78 is 55.1. The fourth-order valence-corrected chi connectivity index (χ4v) is 2.91. The van der Waals surface area contributed by atoms with E-state index >= 15 is 0 Å². The Morgan fingerprint density at radius 2 is 2.09 bits per heavy atom. The zero-order valence-electron chi connectivity index (χ0n) is 12.4. The molecule has 4 nitrogen and oxygen atoms in total. The Kier molecular flexibility index (Phi) is 5.13. The molecule has 1 N–H and O–H groups in total. The highest BCUT2D eigenvalue weighted by molar-refractivity contribution is 5.70. The molecule has 1 heterocycles. The number of likely N-dealkylation sites (tertiary alicyclic amines) is 1. The van der Waals surface area contributed by atoms with E-state index in [2.05, 4.69) is 4.74 Å². The van der Waals surface area contributed by atoms with Crippen molar-refractivity contribution >= 4 is 5.97 Å². The van der Waals surface area contributed by atoms with Crippen LogP contribution in [0.3, 0.4) is 0 Å². The van der Waals surface area contributed by atoms with E-state index in [1.54, 1.807) is 4.90 Å². The van der Waals surface area contributed by atoms with Crippen LogP contribution in [0.1, 0.15) is 18.9 Å². The average Bonchev–Trinajstić information content (AvgIpc) is 2.40. The van der Waals surface area contributed by atoms with E-state index in [-0.39, 0.29) is 24.6 Å². The monoisotopic (exact) mass is 335 g/mol. The van der Waals surface area contributed by atoms with Crippen molar-refractivity contribution in [3.05, 3.63) is 29.6 Å². The fraction of sp³-hybridized carbons (Fsp3) is 0.533. The third-order valence-corrected chi connectivity index (χ3v) is 3.77. The molecule has 1 aliphatic rings. The SMILES string of the molecule is CC1CC(C(=O)O)CN(Cc2c(F)cccc2OC(F)(F)F)C1. The number of carboxylic acids is 1. The van der Waals surface area contributed by atoms with Crippen molar-refractivity contribution in [2.45, 2.75) is 26.3 Å². The van der Waals surface area contributed by atoms with Crippen molar-refractivity contribution in [3.8, 4) is 5.75 Å². The number of hydrogen-bond acceptors (Lipinski definition) is 3. The molecule has 8 heteroatoms. The normalized spacial score (nSPS) is 22.8. The van der Waals surface area contributed by atoms with Crippen molar-refractivity contribution in [2.24, 2.45) is 11.8 Å². The molecule has 0 amide bonds. The van der Waals surface area contributed by atoms with Gasteiger partial charge in [0.1, 0.15) is 11.6 Å². The Balaban J connectivity index is 2.20. The number of halogens is 4. The molecule has 0 aliphatic carbocycles. The van der Waals surface area contributed by atoms with Gasteiger partial charge >= 0.3 is 12.3 Å². The van der Waals surface area contributed by atoms with E-state index in [0.717, 1.165) is 18.2 Å². The molecule has 1 aromatic rings. The lowest BCUT2D eigenvalue weighted by Crippen LogP contribution is -2.42. The molecule has 2 rings (SSSR count). The van der Waals surface area contributed by atoms with Crippen molar-refractivity contribution < 1.29 is 32.2 Å². The van der Waals surface area contributed by atoms with Crippen LogP contribution in [0.15, 0.2) is 18.2 Å². The predicted molar refractivity (Wildman–Crippen MR) is 73.3 cm³/mol. The predicted octanol–water partition coefficient (Wildman–Crippen LogP) is 3.27. The summed E-state index contributed by atoms with van der Waals surface area (Å²) in [6, 6.07) is 3.24. The van der Waals surface area contributed by atoms with Crippen molar-refractivity contribution in [1.29, 1.82) is 0 Å². The van der Waals surface area contributed by atoms with Gasteiger partial charge in [-0.2, -0.15) is 0 Å². The van der Waals surface area contributed by atoms with Crippen LogP contribution in [-0.4, -0.2) is 35.4 Å². The molecular formula is C15H17F4NO3. The van der Waals surface area contributed by atoms with Gasteiger partial charge in [0.15, 0.2) is 0 Å². The summed E-state index contributed by atoms with van der Waals surface area (Å²) in [5, 5.41) is 9.13. The fourth-order valence-electron chi connectivity index (χ4n) is 2.91. The molecule has 0 radical (unpaired) electrons. The van der Waals surface area contributed by atoms with Gasteiger partial charge in [-0.15, -0.1) is 13.2 Å². The quantitative estimate of drug-likeness (QED) is 0.858. The number of ether oxygens (including phenoxy) is 1. The number of aliphatic carboxylic acids is 1. The first kappa shape index (κ1) is 17.5. The first-order valence-corrected chi connectivity index (χ1v) is 7.14. The Morgan fingerprint density at radius 3 is 2.70 bits per heavy atom. The van der Waals surface area contributed by atoms with E-state index in [0.29, 0.717) is 13.0 Å². The molecule has 0 aromatic heterocycles. The number of carboxylic acid groups (broad SMARTS) is 1. The maximum Gasteiger partial charge on any atom is 0.573 e. The minimum atomic E-state index is -4.92. The molecular weight excluding hydrogens is 318 g/mol. The van der Waals surface area contributed by atoms with Crippen LogP contribution in [0.4, 0.5) is 17.6 Å². The summed E-state index contributed by atoms with van der Waals surface area (Å²) in [5.41, 5.74) is -0.219.